The van der Waals surface area contributed by atoms with Crippen LogP contribution >= 0.6 is 0 Å². The van der Waals surface area contributed by atoms with Gasteiger partial charge < -0.3 is 13.9 Å². The maximum Gasteiger partial charge on any atom is 0.259 e. The number of fused-ring (bicyclic) bond motifs is 13. The smallest absolute Gasteiger partial charge is 0.259 e. The summed E-state index contributed by atoms with van der Waals surface area (Å²) >= 11 is 0. The van der Waals surface area contributed by atoms with Gasteiger partial charge in [-0.3, -0.25) is 19.8 Å². The Labute approximate surface area is 206 Å². The number of rotatable bonds is 1. The van der Waals surface area contributed by atoms with Gasteiger partial charge in [0.1, 0.15) is 0 Å². The van der Waals surface area contributed by atoms with Gasteiger partial charge >= 0.3 is 0 Å². The monoisotopic (exact) mass is 476 g/mol. The lowest BCUT2D eigenvalue weighted by Crippen LogP contribution is -2.45. The lowest BCUT2D eigenvalue weighted by Gasteiger charge is -2.37. The van der Waals surface area contributed by atoms with E-state index in [0.29, 0.717) is 23.2 Å². The standard InChI is InChI=1S/C29H24N4O3/c34-28-24-22-16-5-1-3-7-18(16)32-15-13-20(31-9-11-36-12-10-31)21(14-15)33-19-8-4-2-6-17(19)23(27(33)26(22)32)25(24)29(35)30-28/h1-8,15,20-21H,9-14H2,(H,30,34,35)/t15-,20+,21-/m1/s1. The highest BCUT2D eigenvalue weighted by molar-refractivity contribution is 6.39. The van der Waals surface area contributed by atoms with E-state index in [9.17, 15) is 9.59 Å². The number of aromatic nitrogens is 2. The van der Waals surface area contributed by atoms with Crippen molar-refractivity contribution < 1.29 is 14.3 Å². The van der Waals surface area contributed by atoms with Crippen molar-refractivity contribution in [3.8, 4) is 0 Å². The van der Waals surface area contributed by atoms with E-state index in [1.807, 2.05) is 12.1 Å². The molecular formula is C29H24N4O3. The molecule has 0 spiro atoms. The zero-order chi connectivity index (χ0) is 23.7. The van der Waals surface area contributed by atoms with Crippen molar-refractivity contribution in [1.29, 1.82) is 0 Å². The Morgan fingerprint density at radius 1 is 0.722 bits per heavy atom. The van der Waals surface area contributed by atoms with Gasteiger partial charge in [0.2, 0.25) is 0 Å². The van der Waals surface area contributed by atoms with Gasteiger partial charge in [0, 0.05) is 57.8 Å². The minimum atomic E-state index is -0.282. The number of benzene rings is 3. The van der Waals surface area contributed by atoms with Gasteiger partial charge in [-0.2, -0.15) is 0 Å². The van der Waals surface area contributed by atoms with E-state index in [2.05, 4.69) is 55.7 Å². The molecule has 36 heavy (non-hydrogen) atoms. The quantitative estimate of drug-likeness (QED) is 0.365. The molecule has 1 saturated carbocycles. The summed E-state index contributed by atoms with van der Waals surface area (Å²) in [5.74, 6) is -0.562. The van der Waals surface area contributed by atoms with Crippen LogP contribution in [0.1, 0.15) is 45.6 Å². The number of imide groups is 1. The summed E-state index contributed by atoms with van der Waals surface area (Å²) in [4.78, 5) is 29.2. The van der Waals surface area contributed by atoms with Crippen molar-refractivity contribution in [1.82, 2.24) is 19.4 Å². The number of morpholine rings is 1. The van der Waals surface area contributed by atoms with Crippen LogP contribution in [0.4, 0.5) is 0 Å². The van der Waals surface area contributed by atoms with Crippen LogP contribution < -0.4 is 5.32 Å². The number of hydrogen-bond donors (Lipinski definition) is 1. The molecule has 0 radical (unpaired) electrons. The van der Waals surface area contributed by atoms with Crippen LogP contribution in [0.3, 0.4) is 0 Å². The van der Waals surface area contributed by atoms with Gasteiger partial charge in [0.25, 0.3) is 11.8 Å². The van der Waals surface area contributed by atoms with E-state index in [-0.39, 0.29) is 17.9 Å². The van der Waals surface area contributed by atoms with Gasteiger partial charge in [-0.15, -0.1) is 0 Å². The third-order valence-corrected chi connectivity index (χ3v) is 9.16. The van der Waals surface area contributed by atoms with Crippen LogP contribution in [0, 0.1) is 0 Å². The van der Waals surface area contributed by atoms with Crippen molar-refractivity contribution in [3.05, 3.63) is 59.7 Å². The highest BCUT2D eigenvalue weighted by atomic mass is 16.5. The minimum absolute atomic E-state index is 0.280. The Hall–Kier alpha value is -3.68. The van der Waals surface area contributed by atoms with Crippen LogP contribution in [-0.4, -0.2) is 58.2 Å². The molecule has 2 fully saturated rings. The molecule has 178 valence electrons. The van der Waals surface area contributed by atoms with Gasteiger partial charge in [-0.1, -0.05) is 36.4 Å². The number of carbonyl (C=O) groups excluding carboxylic acids is 2. The number of ether oxygens (including phenoxy) is 1. The second kappa shape index (κ2) is 6.55. The fourth-order valence-electron chi connectivity index (χ4n) is 7.91. The third-order valence-electron chi connectivity index (χ3n) is 9.16. The van der Waals surface area contributed by atoms with Crippen LogP contribution in [0.25, 0.3) is 43.6 Å². The van der Waals surface area contributed by atoms with E-state index < -0.39 is 0 Å². The van der Waals surface area contributed by atoms with E-state index in [4.69, 9.17) is 4.74 Å². The summed E-state index contributed by atoms with van der Waals surface area (Å²) in [6.07, 6.45) is 2.09. The molecule has 4 aliphatic rings. The number of amides is 2. The Balaban J connectivity index is 1.53. The molecule has 1 saturated heterocycles. The Kier molecular flexibility index (Phi) is 3.55. The number of hydrogen-bond acceptors (Lipinski definition) is 4. The Bertz CT molecular complexity index is 1820. The average molecular weight is 477 g/mol. The lowest BCUT2D eigenvalue weighted by atomic mass is 9.96. The largest absolute Gasteiger partial charge is 0.379 e. The molecule has 2 bridgehead atoms. The van der Waals surface area contributed by atoms with Gasteiger partial charge in [0.15, 0.2) is 0 Å². The zero-order valence-corrected chi connectivity index (χ0v) is 19.7. The molecule has 1 N–H and O–H groups in total. The second-order valence-electron chi connectivity index (χ2n) is 10.7. The third kappa shape index (κ3) is 2.14. The number of nitrogens with one attached hydrogen (secondary N) is 1. The fraction of sp³-hybridized carbons (Fsp3) is 0.310. The average Bonchev–Trinajstić information content (AvgIpc) is 3.61. The van der Waals surface area contributed by atoms with Gasteiger partial charge in [0.05, 0.1) is 41.4 Å². The predicted octanol–water partition coefficient (Wildman–Crippen LogP) is 4.38. The first kappa shape index (κ1) is 19.5. The lowest BCUT2D eigenvalue weighted by molar-refractivity contribution is 0.00966. The highest BCUT2D eigenvalue weighted by Crippen LogP contribution is 2.54. The predicted molar refractivity (Wildman–Crippen MR) is 138 cm³/mol. The van der Waals surface area contributed by atoms with Gasteiger partial charge in [-0.05, 0) is 25.0 Å². The molecule has 0 unspecified atom stereocenters. The summed E-state index contributed by atoms with van der Waals surface area (Å²) in [5.41, 5.74) is 5.61. The SMILES string of the molecule is O=C1NC(=O)c2c1c1c3ccccc3n3c1c1c2c2ccccc2n1[C@@H]1C[C@H]3C[C@@H]1N1CCOCC1. The molecule has 3 atom stereocenters. The first-order valence-electron chi connectivity index (χ1n) is 12.9. The van der Waals surface area contributed by atoms with E-state index in [0.717, 1.165) is 82.8 Å². The topological polar surface area (TPSA) is 68.5 Å². The molecule has 3 aromatic carbocycles. The molecule has 5 heterocycles. The molecule has 9 rings (SSSR count). The molecule has 2 amide bonds. The first-order valence-corrected chi connectivity index (χ1v) is 12.9. The number of carbonyl (C=O) groups is 2. The molecule has 2 aromatic heterocycles. The molecule has 5 aromatic rings. The van der Waals surface area contributed by atoms with Crippen molar-refractivity contribution in [2.45, 2.75) is 31.0 Å². The van der Waals surface area contributed by atoms with Crippen LogP contribution in [0.2, 0.25) is 0 Å². The maximum atomic E-state index is 13.3. The molecular weight excluding hydrogens is 452 g/mol. The Morgan fingerprint density at radius 3 is 1.94 bits per heavy atom. The molecule has 3 aliphatic heterocycles. The van der Waals surface area contributed by atoms with E-state index in [1.54, 1.807) is 0 Å². The zero-order valence-electron chi connectivity index (χ0n) is 19.7. The molecule has 7 nitrogen and oxygen atoms in total. The molecule has 1 aliphatic carbocycles. The van der Waals surface area contributed by atoms with Crippen molar-refractivity contribution in [3.63, 3.8) is 0 Å². The summed E-state index contributed by atoms with van der Waals surface area (Å²) in [7, 11) is 0. The van der Waals surface area contributed by atoms with Crippen molar-refractivity contribution in [2.75, 3.05) is 26.3 Å². The summed E-state index contributed by atoms with van der Waals surface area (Å²) in [6.45, 7) is 3.45. The summed E-state index contributed by atoms with van der Waals surface area (Å²) in [6, 6.07) is 17.8. The molecule has 7 heteroatoms. The fourth-order valence-corrected chi connectivity index (χ4v) is 7.91. The number of nitrogens with zero attached hydrogens (tertiary/aromatic N) is 3. The van der Waals surface area contributed by atoms with Crippen LogP contribution in [0.15, 0.2) is 48.5 Å². The minimum Gasteiger partial charge on any atom is -0.379 e. The van der Waals surface area contributed by atoms with Crippen molar-refractivity contribution in [2.24, 2.45) is 0 Å². The highest BCUT2D eigenvalue weighted by Gasteiger charge is 2.46. The van der Waals surface area contributed by atoms with E-state index >= 15 is 0 Å². The van der Waals surface area contributed by atoms with Crippen LogP contribution in [0.5, 0.6) is 0 Å². The summed E-state index contributed by atoms with van der Waals surface area (Å²) in [5, 5.41) is 6.59. The summed E-state index contributed by atoms with van der Waals surface area (Å²) < 4.78 is 10.7. The normalized spacial score (nSPS) is 25.5. The maximum absolute atomic E-state index is 13.3. The van der Waals surface area contributed by atoms with Gasteiger partial charge in [-0.25, -0.2) is 0 Å². The van der Waals surface area contributed by atoms with Crippen molar-refractivity contribution >= 4 is 55.4 Å². The van der Waals surface area contributed by atoms with Crippen LogP contribution in [-0.2, 0) is 4.74 Å². The Morgan fingerprint density at radius 2 is 1.28 bits per heavy atom. The van der Waals surface area contributed by atoms with E-state index in [1.165, 1.54) is 0 Å². The number of para-hydroxylation sites is 2. The second-order valence-corrected chi connectivity index (χ2v) is 10.7. The first-order chi connectivity index (χ1) is 17.7.